The zero-order valence-electron chi connectivity index (χ0n) is 14.6. The quantitative estimate of drug-likeness (QED) is 0.674. The summed E-state index contributed by atoms with van der Waals surface area (Å²) < 4.78 is 3.99. The predicted octanol–water partition coefficient (Wildman–Crippen LogP) is 3.57. The van der Waals surface area contributed by atoms with E-state index in [2.05, 4.69) is 19.6 Å². The Morgan fingerprint density at radius 1 is 1.24 bits per heavy atom. The van der Waals surface area contributed by atoms with Crippen molar-refractivity contribution < 1.29 is 9.36 Å². The van der Waals surface area contributed by atoms with E-state index in [-0.39, 0.29) is 18.0 Å². The van der Waals surface area contributed by atoms with E-state index in [1.165, 1.54) is 5.56 Å². The molecule has 126 valence electrons. The summed E-state index contributed by atoms with van der Waals surface area (Å²) in [6.07, 6.45) is 4.63. The summed E-state index contributed by atoms with van der Waals surface area (Å²) in [5, 5.41) is 0. The molecule has 1 aliphatic rings. The first kappa shape index (κ1) is 15.6. The molecular weight excluding hydrogens is 310 g/mol. The van der Waals surface area contributed by atoms with Gasteiger partial charge in [0, 0.05) is 11.7 Å². The third-order valence-electron chi connectivity index (χ3n) is 5.10. The largest absolute Gasteiger partial charge is 0.305 e. The number of hydrogen-bond acceptors (Lipinski definition) is 1. The van der Waals surface area contributed by atoms with Crippen molar-refractivity contribution >= 4 is 28.8 Å². The molecule has 4 heteroatoms. The maximum atomic E-state index is 13.3. The van der Waals surface area contributed by atoms with Crippen molar-refractivity contribution in [3.05, 3.63) is 67.0 Å². The van der Waals surface area contributed by atoms with E-state index >= 15 is 0 Å². The SMILES string of the molecule is C=Cn1c[n+]([C@H](C)C(=O)N2c3ccccc3C[C@@H]2C)c2ccccc21. The topological polar surface area (TPSA) is 29.1 Å². The second-order valence-electron chi connectivity index (χ2n) is 6.67. The van der Waals surface area contributed by atoms with Crippen LogP contribution in [-0.4, -0.2) is 16.5 Å². The van der Waals surface area contributed by atoms with E-state index in [0.717, 1.165) is 23.1 Å². The smallest absolute Gasteiger partial charge is 0.272 e. The number of nitrogens with zero attached hydrogens (tertiary/aromatic N) is 3. The maximum absolute atomic E-state index is 13.3. The number of carbonyl (C=O) groups excluding carboxylic acids is 1. The third-order valence-corrected chi connectivity index (χ3v) is 5.10. The fraction of sp³-hybridized carbons (Fsp3) is 0.238. The summed E-state index contributed by atoms with van der Waals surface area (Å²) in [5.41, 5.74) is 4.37. The van der Waals surface area contributed by atoms with Crippen molar-refractivity contribution in [2.45, 2.75) is 32.4 Å². The highest BCUT2D eigenvalue weighted by molar-refractivity contribution is 5.97. The van der Waals surface area contributed by atoms with Gasteiger partial charge in [-0.05, 0) is 44.0 Å². The number of hydrogen-bond donors (Lipinski definition) is 0. The number of imidazole rings is 1. The predicted molar refractivity (Wildman–Crippen MR) is 100 cm³/mol. The third kappa shape index (κ3) is 2.37. The van der Waals surface area contributed by atoms with E-state index in [1.54, 1.807) is 6.20 Å². The number of para-hydroxylation sites is 3. The van der Waals surface area contributed by atoms with Gasteiger partial charge in [0.1, 0.15) is 0 Å². The molecule has 0 unspecified atom stereocenters. The summed E-state index contributed by atoms with van der Waals surface area (Å²) in [4.78, 5) is 15.3. The lowest BCUT2D eigenvalue weighted by Crippen LogP contribution is -2.49. The van der Waals surface area contributed by atoms with Crippen LogP contribution >= 0.6 is 0 Å². The molecule has 0 bridgehead atoms. The first-order valence-corrected chi connectivity index (χ1v) is 8.66. The molecule has 1 aromatic heterocycles. The second kappa shape index (κ2) is 5.88. The lowest BCUT2D eigenvalue weighted by atomic mass is 10.1. The molecule has 4 nitrogen and oxygen atoms in total. The molecule has 3 aromatic rings. The van der Waals surface area contributed by atoms with Crippen LogP contribution in [0.3, 0.4) is 0 Å². The van der Waals surface area contributed by atoms with Crippen LogP contribution in [0.1, 0.15) is 25.5 Å². The van der Waals surface area contributed by atoms with Gasteiger partial charge in [0.15, 0.2) is 17.1 Å². The van der Waals surface area contributed by atoms with E-state index in [4.69, 9.17) is 0 Å². The molecule has 1 aliphatic heterocycles. The van der Waals surface area contributed by atoms with E-state index in [9.17, 15) is 4.79 Å². The van der Waals surface area contributed by atoms with Gasteiger partial charge in [0.05, 0.1) is 6.20 Å². The van der Waals surface area contributed by atoms with Crippen LogP contribution in [-0.2, 0) is 11.2 Å². The van der Waals surface area contributed by atoms with Gasteiger partial charge in [-0.2, -0.15) is 0 Å². The second-order valence-corrected chi connectivity index (χ2v) is 6.67. The Hall–Kier alpha value is -2.88. The molecule has 0 N–H and O–H groups in total. The molecular formula is C21H22N3O+. The van der Waals surface area contributed by atoms with Gasteiger partial charge < -0.3 is 4.90 Å². The molecule has 1 amide bonds. The number of amides is 1. The number of fused-ring (bicyclic) bond motifs is 2. The Morgan fingerprint density at radius 3 is 2.76 bits per heavy atom. The molecule has 0 spiro atoms. The fourth-order valence-corrected chi connectivity index (χ4v) is 3.84. The molecule has 4 rings (SSSR count). The molecule has 0 radical (unpaired) electrons. The Labute approximate surface area is 147 Å². The zero-order valence-corrected chi connectivity index (χ0v) is 14.6. The van der Waals surface area contributed by atoms with E-state index < -0.39 is 0 Å². The van der Waals surface area contributed by atoms with Gasteiger partial charge in [-0.15, -0.1) is 0 Å². The normalized spacial score (nSPS) is 17.5. The lowest BCUT2D eigenvalue weighted by Gasteiger charge is -2.24. The average Bonchev–Trinajstić information content (AvgIpc) is 3.17. The van der Waals surface area contributed by atoms with Crippen LogP contribution in [0.15, 0.2) is 61.4 Å². The molecule has 2 heterocycles. The summed E-state index contributed by atoms with van der Waals surface area (Å²) in [5.74, 6) is 0.120. The van der Waals surface area contributed by atoms with E-state index in [1.807, 2.05) is 69.7 Å². The molecule has 0 saturated carbocycles. The first-order valence-electron chi connectivity index (χ1n) is 8.66. The Balaban J connectivity index is 1.76. The van der Waals surface area contributed by atoms with Gasteiger partial charge >= 0.3 is 0 Å². The van der Waals surface area contributed by atoms with Crippen molar-refractivity contribution in [1.29, 1.82) is 0 Å². The first-order chi connectivity index (χ1) is 12.1. The number of carbonyl (C=O) groups is 1. The molecule has 25 heavy (non-hydrogen) atoms. The van der Waals surface area contributed by atoms with Crippen LogP contribution in [0, 0.1) is 0 Å². The Kier molecular flexibility index (Phi) is 3.68. The molecule has 2 aromatic carbocycles. The summed E-state index contributed by atoms with van der Waals surface area (Å²) in [7, 11) is 0. The van der Waals surface area contributed by atoms with Crippen molar-refractivity contribution in [2.75, 3.05) is 4.90 Å². The van der Waals surface area contributed by atoms with E-state index in [0.29, 0.717) is 0 Å². The highest BCUT2D eigenvalue weighted by Crippen LogP contribution is 2.33. The van der Waals surface area contributed by atoms with Crippen LogP contribution < -0.4 is 9.47 Å². The molecule has 0 saturated heterocycles. The minimum Gasteiger partial charge on any atom is -0.305 e. The van der Waals surface area contributed by atoms with Gasteiger partial charge in [-0.3, -0.25) is 4.79 Å². The summed E-state index contributed by atoms with van der Waals surface area (Å²) >= 11 is 0. The van der Waals surface area contributed by atoms with Crippen LogP contribution in [0.25, 0.3) is 17.2 Å². The fourth-order valence-electron chi connectivity index (χ4n) is 3.84. The number of rotatable bonds is 3. The maximum Gasteiger partial charge on any atom is 0.272 e. The summed E-state index contributed by atoms with van der Waals surface area (Å²) in [6.45, 7) is 7.95. The van der Waals surface area contributed by atoms with Gasteiger partial charge in [-0.1, -0.05) is 36.9 Å². The minimum absolute atomic E-state index is 0.120. The summed E-state index contributed by atoms with van der Waals surface area (Å²) in [6, 6.07) is 16.2. The van der Waals surface area contributed by atoms with Crippen molar-refractivity contribution in [3.8, 4) is 0 Å². The van der Waals surface area contributed by atoms with Crippen LogP contribution in [0.2, 0.25) is 0 Å². The highest BCUT2D eigenvalue weighted by Gasteiger charge is 2.36. The molecule has 0 fully saturated rings. The van der Waals surface area contributed by atoms with Gasteiger partial charge in [-0.25, -0.2) is 9.13 Å². The molecule has 2 atom stereocenters. The average molecular weight is 332 g/mol. The van der Waals surface area contributed by atoms with Crippen molar-refractivity contribution in [2.24, 2.45) is 0 Å². The van der Waals surface area contributed by atoms with Crippen molar-refractivity contribution in [3.63, 3.8) is 0 Å². The van der Waals surface area contributed by atoms with Crippen LogP contribution in [0.4, 0.5) is 5.69 Å². The lowest BCUT2D eigenvalue weighted by molar-refractivity contribution is -0.681. The Morgan fingerprint density at radius 2 is 1.96 bits per heavy atom. The van der Waals surface area contributed by atoms with Gasteiger partial charge in [0.2, 0.25) is 6.33 Å². The van der Waals surface area contributed by atoms with Gasteiger partial charge in [0.25, 0.3) is 5.91 Å². The van der Waals surface area contributed by atoms with Crippen molar-refractivity contribution in [1.82, 2.24) is 4.57 Å². The standard InChI is InChI=1S/C21H22N3O/c1-4-22-14-23(20-12-8-7-11-19(20)22)16(3)21(25)24-15(2)13-17-9-5-6-10-18(17)24/h4-12,14-16H,1,13H2,2-3H3/q+1/t15-,16+/m0/s1. The number of benzene rings is 2. The monoisotopic (exact) mass is 332 g/mol. The van der Waals surface area contributed by atoms with Crippen LogP contribution in [0.5, 0.6) is 0 Å². The minimum atomic E-state index is -0.292. The highest BCUT2D eigenvalue weighted by atomic mass is 16.2. The molecule has 0 aliphatic carbocycles. The number of aromatic nitrogens is 2. The Bertz CT molecular complexity index is 972. The number of anilines is 1. The zero-order chi connectivity index (χ0) is 17.6.